The summed E-state index contributed by atoms with van der Waals surface area (Å²) in [6, 6.07) is -0.809. The second-order valence-corrected chi connectivity index (χ2v) is 5.08. The Hall–Kier alpha value is -1.02. The predicted octanol–water partition coefficient (Wildman–Crippen LogP) is -1.32. The molecule has 1 aromatic rings. The Morgan fingerprint density at radius 3 is 2.68 bits per heavy atom. The van der Waals surface area contributed by atoms with E-state index >= 15 is 0 Å². The molecule has 1 saturated heterocycles. The van der Waals surface area contributed by atoms with Crippen LogP contribution < -0.4 is 5.32 Å². The van der Waals surface area contributed by atoms with Crippen LogP contribution in [0.15, 0.2) is 6.20 Å². The van der Waals surface area contributed by atoms with Crippen LogP contribution in [0.1, 0.15) is 25.5 Å². The SMILES string of the molecule is CCCCc1cn(C[C@H]2N[C@H](CO)[C@@H](O)[C@@H]2O)nn1. The first-order valence-electron chi connectivity index (χ1n) is 6.77. The summed E-state index contributed by atoms with van der Waals surface area (Å²) in [5, 5.41) is 39.8. The molecule has 108 valence electrons. The van der Waals surface area contributed by atoms with Crippen LogP contribution in [0, 0.1) is 0 Å². The van der Waals surface area contributed by atoms with Crippen molar-refractivity contribution in [1.82, 2.24) is 20.3 Å². The molecular formula is C12H22N4O3. The number of aliphatic hydroxyl groups excluding tert-OH is 3. The fourth-order valence-corrected chi connectivity index (χ4v) is 2.37. The summed E-state index contributed by atoms with van der Waals surface area (Å²) in [6.07, 6.45) is 3.11. The molecule has 7 heteroatoms. The molecule has 4 atom stereocenters. The number of rotatable bonds is 6. The number of aryl methyl sites for hydroxylation is 1. The Balaban J connectivity index is 1.92. The Morgan fingerprint density at radius 1 is 1.32 bits per heavy atom. The van der Waals surface area contributed by atoms with Crippen LogP contribution in [0.5, 0.6) is 0 Å². The van der Waals surface area contributed by atoms with Crippen molar-refractivity contribution in [3.63, 3.8) is 0 Å². The maximum absolute atomic E-state index is 9.88. The van der Waals surface area contributed by atoms with Gasteiger partial charge in [0.2, 0.25) is 0 Å². The molecule has 0 bridgehead atoms. The van der Waals surface area contributed by atoms with Crippen LogP contribution in [-0.4, -0.2) is 61.2 Å². The minimum absolute atomic E-state index is 0.201. The maximum atomic E-state index is 9.88. The molecule has 0 unspecified atom stereocenters. The normalized spacial score (nSPS) is 30.9. The lowest BCUT2D eigenvalue weighted by Crippen LogP contribution is -2.38. The molecule has 0 amide bonds. The molecule has 1 aliphatic heterocycles. The fourth-order valence-electron chi connectivity index (χ4n) is 2.37. The molecule has 1 aromatic heterocycles. The summed E-state index contributed by atoms with van der Waals surface area (Å²) < 4.78 is 1.67. The highest BCUT2D eigenvalue weighted by molar-refractivity contribution is 4.99. The summed E-state index contributed by atoms with van der Waals surface area (Å²) in [5.74, 6) is 0. The lowest BCUT2D eigenvalue weighted by atomic mass is 10.1. The van der Waals surface area contributed by atoms with Crippen LogP contribution in [0.2, 0.25) is 0 Å². The highest BCUT2D eigenvalue weighted by atomic mass is 16.3. The molecule has 1 fully saturated rings. The first-order valence-corrected chi connectivity index (χ1v) is 6.77. The van der Waals surface area contributed by atoms with Gasteiger partial charge in [0, 0.05) is 6.20 Å². The summed E-state index contributed by atoms with van der Waals surface area (Å²) in [5.41, 5.74) is 0.939. The van der Waals surface area contributed by atoms with Crippen molar-refractivity contribution in [1.29, 1.82) is 0 Å². The molecule has 0 aliphatic carbocycles. The van der Waals surface area contributed by atoms with E-state index in [0.717, 1.165) is 25.0 Å². The number of aliphatic hydroxyl groups is 3. The monoisotopic (exact) mass is 270 g/mol. The van der Waals surface area contributed by atoms with Crippen molar-refractivity contribution in [2.45, 2.75) is 57.0 Å². The van der Waals surface area contributed by atoms with Crippen molar-refractivity contribution in [3.05, 3.63) is 11.9 Å². The number of hydrogen-bond acceptors (Lipinski definition) is 6. The number of unbranched alkanes of at least 4 members (excludes halogenated alkanes) is 1. The van der Waals surface area contributed by atoms with Gasteiger partial charge in [-0.05, 0) is 12.8 Å². The van der Waals surface area contributed by atoms with Crippen molar-refractivity contribution in [2.24, 2.45) is 0 Å². The van der Waals surface area contributed by atoms with Crippen molar-refractivity contribution < 1.29 is 15.3 Å². The maximum Gasteiger partial charge on any atom is 0.0990 e. The van der Waals surface area contributed by atoms with E-state index in [-0.39, 0.29) is 12.6 Å². The third-order valence-electron chi connectivity index (χ3n) is 3.56. The van der Waals surface area contributed by atoms with Gasteiger partial charge < -0.3 is 20.6 Å². The molecule has 2 rings (SSSR count). The fraction of sp³-hybridized carbons (Fsp3) is 0.833. The predicted molar refractivity (Wildman–Crippen MR) is 68.4 cm³/mol. The first kappa shape index (κ1) is 14.4. The number of nitrogens with one attached hydrogen (secondary N) is 1. The second kappa shape index (κ2) is 6.42. The minimum atomic E-state index is -0.946. The summed E-state index contributed by atoms with van der Waals surface area (Å²) in [6.45, 7) is 2.35. The van der Waals surface area contributed by atoms with Gasteiger partial charge in [-0.3, -0.25) is 4.68 Å². The summed E-state index contributed by atoms with van der Waals surface area (Å²) in [4.78, 5) is 0. The van der Waals surface area contributed by atoms with Crippen molar-refractivity contribution in [3.8, 4) is 0 Å². The lowest BCUT2D eigenvalue weighted by Gasteiger charge is -2.15. The Morgan fingerprint density at radius 2 is 2.05 bits per heavy atom. The average molecular weight is 270 g/mol. The molecule has 4 N–H and O–H groups in total. The third-order valence-corrected chi connectivity index (χ3v) is 3.56. The van der Waals surface area contributed by atoms with Gasteiger partial charge in [-0.1, -0.05) is 18.6 Å². The Bertz CT molecular complexity index is 398. The van der Waals surface area contributed by atoms with E-state index < -0.39 is 18.2 Å². The topological polar surface area (TPSA) is 103 Å². The molecule has 0 spiro atoms. The number of nitrogens with zero attached hydrogens (tertiary/aromatic N) is 3. The molecular weight excluding hydrogens is 248 g/mol. The zero-order valence-corrected chi connectivity index (χ0v) is 11.1. The van der Waals surface area contributed by atoms with Gasteiger partial charge >= 0.3 is 0 Å². The van der Waals surface area contributed by atoms with E-state index in [1.54, 1.807) is 4.68 Å². The van der Waals surface area contributed by atoms with Crippen molar-refractivity contribution in [2.75, 3.05) is 6.61 Å². The molecule has 0 aromatic carbocycles. The van der Waals surface area contributed by atoms with Gasteiger partial charge in [-0.15, -0.1) is 5.10 Å². The third kappa shape index (κ3) is 3.30. The Kier molecular flexibility index (Phi) is 4.87. The van der Waals surface area contributed by atoms with E-state index in [4.69, 9.17) is 5.11 Å². The van der Waals surface area contributed by atoms with E-state index in [1.807, 2.05) is 6.20 Å². The van der Waals surface area contributed by atoms with E-state index in [1.165, 1.54) is 0 Å². The van der Waals surface area contributed by atoms with Gasteiger partial charge in [-0.2, -0.15) is 0 Å². The minimum Gasteiger partial charge on any atom is -0.395 e. The highest BCUT2D eigenvalue weighted by Gasteiger charge is 2.40. The van der Waals surface area contributed by atoms with Crippen LogP contribution in [0.3, 0.4) is 0 Å². The smallest absolute Gasteiger partial charge is 0.0990 e. The average Bonchev–Trinajstić information content (AvgIpc) is 2.96. The highest BCUT2D eigenvalue weighted by Crippen LogP contribution is 2.15. The van der Waals surface area contributed by atoms with Gasteiger partial charge in [-0.25, -0.2) is 0 Å². The van der Waals surface area contributed by atoms with Crippen molar-refractivity contribution >= 4 is 0 Å². The largest absolute Gasteiger partial charge is 0.395 e. The molecule has 0 saturated carbocycles. The zero-order valence-electron chi connectivity index (χ0n) is 11.1. The van der Waals surface area contributed by atoms with Gasteiger partial charge in [0.1, 0.15) is 0 Å². The van der Waals surface area contributed by atoms with E-state index in [9.17, 15) is 10.2 Å². The summed E-state index contributed by atoms with van der Waals surface area (Å²) >= 11 is 0. The van der Waals surface area contributed by atoms with Crippen LogP contribution in [-0.2, 0) is 13.0 Å². The first-order chi connectivity index (χ1) is 9.15. The standard InChI is InChI=1S/C12H22N4O3/c1-2-3-4-8-5-16(15-14-8)6-9-11(18)12(19)10(7-17)13-9/h5,9-13,17-19H,2-4,6-7H2,1H3/t9-,10-,11-,12-/m1/s1. The van der Waals surface area contributed by atoms with Crippen LogP contribution in [0.4, 0.5) is 0 Å². The quantitative estimate of drug-likeness (QED) is 0.511. The summed E-state index contributed by atoms with van der Waals surface area (Å²) in [7, 11) is 0. The van der Waals surface area contributed by atoms with Gasteiger partial charge in [0.05, 0.1) is 43.1 Å². The van der Waals surface area contributed by atoms with E-state index in [2.05, 4.69) is 22.6 Å². The Labute approximate surface area is 112 Å². The van der Waals surface area contributed by atoms with Crippen LogP contribution in [0.25, 0.3) is 0 Å². The van der Waals surface area contributed by atoms with Crippen LogP contribution >= 0.6 is 0 Å². The molecule has 19 heavy (non-hydrogen) atoms. The number of aromatic nitrogens is 3. The molecule has 7 nitrogen and oxygen atoms in total. The second-order valence-electron chi connectivity index (χ2n) is 5.08. The lowest BCUT2D eigenvalue weighted by molar-refractivity contribution is 0.0175. The van der Waals surface area contributed by atoms with Gasteiger partial charge in [0.15, 0.2) is 0 Å². The van der Waals surface area contributed by atoms with Gasteiger partial charge in [0.25, 0.3) is 0 Å². The zero-order chi connectivity index (χ0) is 13.8. The molecule has 1 aliphatic rings. The number of hydrogen-bond donors (Lipinski definition) is 4. The van der Waals surface area contributed by atoms with E-state index in [0.29, 0.717) is 6.54 Å². The molecule has 2 heterocycles. The molecule has 0 radical (unpaired) electrons.